The second-order valence-corrected chi connectivity index (χ2v) is 4.05. The van der Waals surface area contributed by atoms with Gasteiger partial charge in [0.2, 0.25) is 0 Å². The normalized spacial score (nSPS) is 13.1. The highest BCUT2D eigenvalue weighted by molar-refractivity contribution is 5.81. The summed E-state index contributed by atoms with van der Waals surface area (Å²) in [6.45, 7) is 0.718. The van der Waals surface area contributed by atoms with Crippen molar-refractivity contribution in [3.05, 3.63) is 30.0 Å². The Bertz CT molecular complexity index is 495. The molecule has 1 atom stereocenters. The zero-order valence-electron chi connectivity index (χ0n) is 9.80. The minimum absolute atomic E-state index is 0.226. The molecule has 0 saturated carbocycles. The van der Waals surface area contributed by atoms with Gasteiger partial charge in [0.1, 0.15) is 0 Å². The van der Waals surface area contributed by atoms with Crippen molar-refractivity contribution in [3.63, 3.8) is 0 Å². The Hall–Kier alpha value is -1.43. The summed E-state index contributed by atoms with van der Waals surface area (Å²) in [6.07, 6.45) is -0.718. The van der Waals surface area contributed by atoms with Gasteiger partial charge in [0.25, 0.3) is 0 Å². The molecule has 0 radical (unpaired) electrons. The van der Waals surface area contributed by atoms with Crippen LogP contribution < -0.4 is 5.32 Å². The highest BCUT2D eigenvalue weighted by Gasteiger charge is 2.08. The van der Waals surface area contributed by atoms with Gasteiger partial charge in [-0.2, -0.15) is 5.10 Å². The molecule has 92 valence electrons. The maximum atomic E-state index is 9.22. The summed E-state index contributed by atoms with van der Waals surface area (Å²) in [5, 5.41) is 26.5. The Labute approximate surface area is 99.7 Å². The smallest absolute Gasteiger partial charge is 0.0895 e. The number of hydrogen-bond acceptors (Lipinski definition) is 4. The Morgan fingerprint density at radius 1 is 1.41 bits per heavy atom. The number of benzene rings is 1. The molecule has 1 heterocycles. The van der Waals surface area contributed by atoms with Gasteiger partial charge < -0.3 is 15.5 Å². The Morgan fingerprint density at radius 3 is 2.94 bits per heavy atom. The Morgan fingerprint density at radius 2 is 2.18 bits per heavy atom. The molecule has 0 fully saturated rings. The van der Waals surface area contributed by atoms with Crippen molar-refractivity contribution in [3.8, 4) is 0 Å². The summed E-state index contributed by atoms with van der Waals surface area (Å²) in [7, 11) is 1.91. The summed E-state index contributed by atoms with van der Waals surface area (Å²) in [6, 6.07) is 8.02. The van der Waals surface area contributed by atoms with Crippen LogP contribution in [0.5, 0.6) is 0 Å². The summed E-state index contributed by atoms with van der Waals surface area (Å²) < 4.78 is 1.84. The summed E-state index contributed by atoms with van der Waals surface area (Å²) in [4.78, 5) is 0. The van der Waals surface area contributed by atoms with Crippen molar-refractivity contribution in [2.75, 3.05) is 13.2 Å². The van der Waals surface area contributed by atoms with Crippen LogP contribution >= 0.6 is 0 Å². The lowest BCUT2D eigenvalue weighted by atomic mass is 10.2. The van der Waals surface area contributed by atoms with Crippen molar-refractivity contribution in [2.24, 2.45) is 7.05 Å². The van der Waals surface area contributed by atoms with Crippen molar-refractivity contribution >= 4 is 10.9 Å². The molecule has 0 bridgehead atoms. The first kappa shape index (κ1) is 12.0. The molecule has 1 aromatic carbocycles. The molecule has 1 aromatic heterocycles. The molecule has 0 aliphatic rings. The van der Waals surface area contributed by atoms with Crippen molar-refractivity contribution in [2.45, 2.75) is 12.6 Å². The SMILES string of the molecule is Cn1nc(CNCC(O)CO)c2ccccc21. The van der Waals surface area contributed by atoms with Crippen molar-refractivity contribution in [1.29, 1.82) is 0 Å². The van der Waals surface area contributed by atoms with E-state index in [0.717, 1.165) is 16.6 Å². The molecule has 0 spiro atoms. The molecule has 0 saturated heterocycles. The predicted octanol–water partition coefficient (Wildman–Crippen LogP) is 0.0161. The van der Waals surface area contributed by atoms with E-state index >= 15 is 0 Å². The third-order valence-corrected chi connectivity index (χ3v) is 2.72. The zero-order chi connectivity index (χ0) is 12.3. The molecule has 0 aliphatic heterocycles. The first-order valence-electron chi connectivity index (χ1n) is 5.62. The van der Waals surface area contributed by atoms with E-state index in [1.807, 2.05) is 36.0 Å². The maximum absolute atomic E-state index is 9.22. The second kappa shape index (κ2) is 5.27. The topological polar surface area (TPSA) is 70.3 Å². The lowest BCUT2D eigenvalue weighted by Crippen LogP contribution is -2.29. The van der Waals surface area contributed by atoms with Crippen molar-refractivity contribution in [1.82, 2.24) is 15.1 Å². The van der Waals surface area contributed by atoms with Gasteiger partial charge in [-0.3, -0.25) is 4.68 Å². The number of aliphatic hydroxyl groups is 2. The number of nitrogens with zero attached hydrogens (tertiary/aromatic N) is 2. The fourth-order valence-corrected chi connectivity index (χ4v) is 1.84. The largest absolute Gasteiger partial charge is 0.394 e. The number of nitrogens with one attached hydrogen (secondary N) is 1. The number of aromatic nitrogens is 2. The molecule has 2 rings (SSSR count). The van der Waals surface area contributed by atoms with Gasteiger partial charge in [-0.05, 0) is 6.07 Å². The minimum Gasteiger partial charge on any atom is -0.394 e. The number of para-hydroxylation sites is 1. The van der Waals surface area contributed by atoms with E-state index in [1.165, 1.54) is 0 Å². The number of aliphatic hydroxyl groups excluding tert-OH is 2. The molecule has 17 heavy (non-hydrogen) atoms. The summed E-state index contributed by atoms with van der Waals surface area (Å²) >= 11 is 0. The molecule has 3 N–H and O–H groups in total. The lowest BCUT2D eigenvalue weighted by Gasteiger charge is -2.07. The number of aryl methyl sites for hydroxylation is 1. The highest BCUT2D eigenvalue weighted by atomic mass is 16.3. The summed E-state index contributed by atoms with van der Waals surface area (Å²) in [5.41, 5.74) is 2.04. The fourth-order valence-electron chi connectivity index (χ4n) is 1.84. The maximum Gasteiger partial charge on any atom is 0.0895 e. The van der Waals surface area contributed by atoms with E-state index in [2.05, 4.69) is 10.4 Å². The lowest BCUT2D eigenvalue weighted by molar-refractivity contribution is 0.0941. The molecule has 0 aliphatic carbocycles. The van der Waals surface area contributed by atoms with Crippen LogP contribution in [0.25, 0.3) is 10.9 Å². The second-order valence-electron chi connectivity index (χ2n) is 4.05. The van der Waals surface area contributed by atoms with Crippen LogP contribution in [0, 0.1) is 0 Å². The Balaban J connectivity index is 2.09. The fraction of sp³-hybridized carbons (Fsp3) is 0.417. The van der Waals surface area contributed by atoms with Crippen LogP contribution in [0.3, 0.4) is 0 Å². The van der Waals surface area contributed by atoms with Crippen LogP contribution in [-0.4, -0.2) is 39.2 Å². The quantitative estimate of drug-likeness (QED) is 0.683. The highest BCUT2D eigenvalue weighted by Crippen LogP contribution is 2.16. The first-order chi connectivity index (χ1) is 8.22. The number of fused-ring (bicyclic) bond motifs is 1. The van der Waals surface area contributed by atoms with Gasteiger partial charge in [0, 0.05) is 25.5 Å². The average molecular weight is 235 g/mol. The van der Waals surface area contributed by atoms with E-state index in [-0.39, 0.29) is 6.61 Å². The van der Waals surface area contributed by atoms with Crippen molar-refractivity contribution < 1.29 is 10.2 Å². The van der Waals surface area contributed by atoms with Gasteiger partial charge in [0.05, 0.1) is 23.9 Å². The Kier molecular flexibility index (Phi) is 3.73. The van der Waals surface area contributed by atoms with Gasteiger partial charge >= 0.3 is 0 Å². The van der Waals surface area contributed by atoms with Crippen LogP contribution in [0.1, 0.15) is 5.69 Å². The molecular weight excluding hydrogens is 218 g/mol. The standard InChI is InChI=1S/C12H17N3O2/c1-15-12-5-3-2-4-10(12)11(14-15)7-13-6-9(17)8-16/h2-5,9,13,16-17H,6-8H2,1H3. The molecule has 0 amide bonds. The molecule has 2 aromatic rings. The van der Waals surface area contributed by atoms with Crippen LogP contribution in [-0.2, 0) is 13.6 Å². The van der Waals surface area contributed by atoms with Crippen LogP contribution in [0.15, 0.2) is 24.3 Å². The molecule has 5 heteroatoms. The van der Waals surface area contributed by atoms with Crippen LogP contribution in [0.4, 0.5) is 0 Å². The van der Waals surface area contributed by atoms with E-state index in [4.69, 9.17) is 5.11 Å². The van der Waals surface area contributed by atoms with Gasteiger partial charge in [0.15, 0.2) is 0 Å². The van der Waals surface area contributed by atoms with E-state index in [0.29, 0.717) is 13.1 Å². The average Bonchev–Trinajstić information content (AvgIpc) is 2.67. The summed E-state index contributed by atoms with van der Waals surface area (Å²) in [5.74, 6) is 0. The van der Waals surface area contributed by atoms with Gasteiger partial charge in [-0.1, -0.05) is 18.2 Å². The first-order valence-corrected chi connectivity index (χ1v) is 5.62. The monoisotopic (exact) mass is 235 g/mol. The van der Waals surface area contributed by atoms with Gasteiger partial charge in [-0.25, -0.2) is 0 Å². The van der Waals surface area contributed by atoms with E-state index in [1.54, 1.807) is 0 Å². The zero-order valence-corrected chi connectivity index (χ0v) is 9.80. The molecule has 5 nitrogen and oxygen atoms in total. The van der Waals surface area contributed by atoms with E-state index in [9.17, 15) is 5.11 Å². The van der Waals surface area contributed by atoms with Gasteiger partial charge in [-0.15, -0.1) is 0 Å². The molecule has 1 unspecified atom stereocenters. The third-order valence-electron chi connectivity index (χ3n) is 2.72. The third kappa shape index (κ3) is 2.63. The van der Waals surface area contributed by atoms with E-state index < -0.39 is 6.10 Å². The number of rotatable bonds is 5. The minimum atomic E-state index is -0.718. The molecular formula is C12H17N3O2. The number of hydrogen-bond donors (Lipinski definition) is 3. The predicted molar refractivity (Wildman–Crippen MR) is 65.5 cm³/mol. The van der Waals surface area contributed by atoms with Crippen LogP contribution in [0.2, 0.25) is 0 Å².